The van der Waals surface area contributed by atoms with Gasteiger partial charge in [0.1, 0.15) is 0 Å². The number of para-hydroxylation sites is 1. The molecule has 1 N–H and O–H groups in total. The molecular formula is C21H27N7O. The summed E-state index contributed by atoms with van der Waals surface area (Å²) in [5, 5.41) is 11.7. The van der Waals surface area contributed by atoms with Crippen LogP contribution in [0.2, 0.25) is 0 Å². The second kappa shape index (κ2) is 9.27. The standard InChI is InChI=1S/C21H27N7O/c1-15(2)14-23-21(22-4)26-18-9-7-13-27(16(18)3)20(29)17-8-5-6-10-19(17)28-24-11-12-25-28/h5-6,8,10-12,14,16,18H,4,7,9,13H2,1-3H3,(H,23,26)/t16-,18+/m0/s1. The van der Waals surface area contributed by atoms with Gasteiger partial charge < -0.3 is 10.2 Å². The molecule has 1 aliphatic rings. The van der Waals surface area contributed by atoms with Gasteiger partial charge in [-0.2, -0.15) is 15.0 Å². The van der Waals surface area contributed by atoms with Crippen molar-refractivity contribution in [2.75, 3.05) is 6.54 Å². The van der Waals surface area contributed by atoms with Gasteiger partial charge in [0.15, 0.2) is 0 Å². The Hall–Kier alpha value is -3.29. The van der Waals surface area contributed by atoms with E-state index in [2.05, 4.69) is 32.2 Å². The molecule has 0 saturated carbocycles. The van der Waals surface area contributed by atoms with Crippen molar-refractivity contribution in [3.05, 3.63) is 54.0 Å². The summed E-state index contributed by atoms with van der Waals surface area (Å²) in [6.07, 6.45) is 6.76. The molecule has 8 nitrogen and oxygen atoms in total. The zero-order valence-electron chi connectivity index (χ0n) is 17.1. The Morgan fingerprint density at radius 1 is 1.28 bits per heavy atom. The lowest BCUT2D eigenvalue weighted by molar-refractivity contribution is 0.0591. The third kappa shape index (κ3) is 4.77. The van der Waals surface area contributed by atoms with Gasteiger partial charge in [-0.1, -0.05) is 17.7 Å². The first-order valence-corrected chi connectivity index (χ1v) is 9.72. The molecule has 1 aliphatic heterocycles. The van der Waals surface area contributed by atoms with Crippen LogP contribution in [0.15, 0.2) is 58.4 Å². The number of carbonyl (C=O) groups excluding carboxylic acids is 1. The van der Waals surface area contributed by atoms with Gasteiger partial charge in [-0.15, -0.1) is 0 Å². The van der Waals surface area contributed by atoms with Crippen molar-refractivity contribution in [1.82, 2.24) is 25.2 Å². The minimum absolute atomic E-state index is 0.0338. The van der Waals surface area contributed by atoms with Gasteiger partial charge in [-0.3, -0.25) is 4.79 Å². The normalized spacial score (nSPS) is 19.6. The summed E-state index contributed by atoms with van der Waals surface area (Å²) in [4.78, 5) is 25.1. The Kier molecular flexibility index (Phi) is 6.54. The number of likely N-dealkylation sites (tertiary alicyclic amines) is 1. The highest BCUT2D eigenvalue weighted by molar-refractivity contribution is 5.98. The maximum atomic E-state index is 13.4. The number of hydrogen-bond donors (Lipinski definition) is 1. The van der Waals surface area contributed by atoms with Crippen LogP contribution in [-0.4, -0.2) is 57.1 Å². The van der Waals surface area contributed by atoms with Crippen molar-refractivity contribution in [3.63, 3.8) is 0 Å². The topological polar surface area (TPSA) is 87.8 Å². The lowest BCUT2D eigenvalue weighted by Gasteiger charge is -2.40. The zero-order valence-corrected chi connectivity index (χ0v) is 17.1. The summed E-state index contributed by atoms with van der Waals surface area (Å²) < 4.78 is 0. The predicted octanol–water partition coefficient (Wildman–Crippen LogP) is 2.83. The second-order valence-electron chi connectivity index (χ2n) is 7.29. The largest absolute Gasteiger partial charge is 0.349 e. The predicted molar refractivity (Wildman–Crippen MR) is 114 cm³/mol. The molecule has 2 atom stereocenters. The molecule has 152 valence electrons. The summed E-state index contributed by atoms with van der Waals surface area (Å²) in [7, 11) is 0. The molecule has 1 fully saturated rings. The van der Waals surface area contributed by atoms with E-state index in [1.165, 1.54) is 4.80 Å². The van der Waals surface area contributed by atoms with E-state index in [0.29, 0.717) is 23.8 Å². The van der Waals surface area contributed by atoms with Gasteiger partial charge in [0.2, 0.25) is 5.96 Å². The average Bonchev–Trinajstić information content (AvgIpc) is 3.26. The van der Waals surface area contributed by atoms with Crippen LogP contribution >= 0.6 is 0 Å². The molecule has 2 aromatic rings. The van der Waals surface area contributed by atoms with E-state index in [4.69, 9.17) is 0 Å². The van der Waals surface area contributed by atoms with Crippen molar-refractivity contribution in [1.29, 1.82) is 0 Å². The zero-order chi connectivity index (χ0) is 20.8. The number of benzene rings is 1. The van der Waals surface area contributed by atoms with E-state index in [1.807, 2.05) is 49.9 Å². The maximum Gasteiger partial charge on any atom is 0.256 e. The highest BCUT2D eigenvalue weighted by atomic mass is 16.2. The molecule has 3 rings (SSSR count). The first kappa shape index (κ1) is 20.4. The number of aliphatic imine (C=N–C) groups is 2. The van der Waals surface area contributed by atoms with E-state index in [-0.39, 0.29) is 18.0 Å². The van der Waals surface area contributed by atoms with Crippen LogP contribution < -0.4 is 5.32 Å². The van der Waals surface area contributed by atoms with Gasteiger partial charge in [-0.05, 0) is 52.5 Å². The minimum Gasteiger partial charge on any atom is -0.349 e. The summed E-state index contributed by atoms with van der Waals surface area (Å²) in [6, 6.07) is 7.41. The Bertz CT molecular complexity index is 913. The van der Waals surface area contributed by atoms with Crippen molar-refractivity contribution >= 4 is 18.6 Å². The average molecular weight is 393 g/mol. The van der Waals surface area contributed by atoms with Crippen molar-refractivity contribution in [3.8, 4) is 5.69 Å². The quantitative estimate of drug-likeness (QED) is 0.639. The smallest absolute Gasteiger partial charge is 0.256 e. The summed E-state index contributed by atoms with van der Waals surface area (Å²) in [5.41, 5.74) is 2.32. The molecule has 2 heterocycles. The molecule has 1 aromatic heterocycles. The fourth-order valence-electron chi connectivity index (χ4n) is 3.43. The van der Waals surface area contributed by atoms with Crippen LogP contribution in [0, 0.1) is 0 Å². The van der Waals surface area contributed by atoms with Crippen molar-refractivity contribution < 1.29 is 4.79 Å². The number of nitrogens with one attached hydrogen (secondary N) is 1. The van der Waals surface area contributed by atoms with Crippen LogP contribution in [0.3, 0.4) is 0 Å². The number of carbonyl (C=O) groups is 1. The monoisotopic (exact) mass is 393 g/mol. The number of rotatable bonds is 4. The van der Waals surface area contributed by atoms with Crippen LogP contribution in [0.1, 0.15) is 44.0 Å². The number of piperidine rings is 1. The van der Waals surface area contributed by atoms with E-state index in [9.17, 15) is 4.79 Å². The third-order valence-electron chi connectivity index (χ3n) is 4.93. The van der Waals surface area contributed by atoms with Gasteiger partial charge in [0.05, 0.1) is 23.6 Å². The molecule has 0 radical (unpaired) electrons. The molecule has 0 spiro atoms. The molecule has 8 heteroatoms. The Morgan fingerprint density at radius 2 is 2.00 bits per heavy atom. The number of guanidine groups is 1. The van der Waals surface area contributed by atoms with E-state index in [1.54, 1.807) is 18.6 Å². The SMILES string of the molecule is C=N/C(=N\C=C(C)C)N[C@@H]1CCCN(C(=O)c2ccccc2-n2nccn2)[C@H]1C. The van der Waals surface area contributed by atoms with Gasteiger partial charge in [0, 0.05) is 24.8 Å². The number of hydrogen-bond acceptors (Lipinski definition) is 4. The van der Waals surface area contributed by atoms with E-state index >= 15 is 0 Å². The third-order valence-corrected chi connectivity index (χ3v) is 4.93. The summed E-state index contributed by atoms with van der Waals surface area (Å²) in [6.45, 7) is 10.3. The lowest BCUT2D eigenvalue weighted by Crippen LogP contribution is -2.55. The number of amides is 1. The van der Waals surface area contributed by atoms with Gasteiger partial charge >= 0.3 is 0 Å². The Labute approximate surface area is 171 Å². The molecule has 1 saturated heterocycles. The van der Waals surface area contributed by atoms with Gasteiger partial charge in [0.25, 0.3) is 5.91 Å². The molecular weight excluding hydrogens is 366 g/mol. The Morgan fingerprint density at radius 3 is 2.69 bits per heavy atom. The fourth-order valence-corrected chi connectivity index (χ4v) is 3.43. The highest BCUT2D eigenvalue weighted by Crippen LogP contribution is 2.23. The van der Waals surface area contributed by atoms with Crippen LogP contribution in [0.25, 0.3) is 5.69 Å². The second-order valence-corrected chi connectivity index (χ2v) is 7.29. The Balaban J connectivity index is 1.81. The molecule has 0 bridgehead atoms. The first-order valence-electron chi connectivity index (χ1n) is 9.72. The number of aromatic nitrogens is 3. The van der Waals surface area contributed by atoms with Gasteiger partial charge in [-0.25, -0.2) is 9.98 Å². The molecule has 1 amide bonds. The number of allylic oxidation sites excluding steroid dienone is 1. The van der Waals surface area contributed by atoms with E-state index < -0.39 is 0 Å². The summed E-state index contributed by atoms with van der Waals surface area (Å²) >= 11 is 0. The molecule has 29 heavy (non-hydrogen) atoms. The van der Waals surface area contributed by atoms with Crippen molar-refractivity contribution in [2.45, 2.75) is 45.7 Å². The van der Waals surface area contributed by atoms with Crippen molar-refractivity contribution in [2.24, 2.45) is 9.98 Å². The molecule has 1 aromatic carbocycles. The van der Waals surface area contributed by atoms with E-state index in [0.717, 1.165) is 18.4 Å². The van der Waals surface area contributed by atoms with Crippen LogP contribution in [0.5, 0.6) is 0 Å². The van der Waals surface area contributed by atoms with Crippen LogP contribution in [-0.2, 0) is 0 Å². The molecule has 0 unspecified atom stereocenters. The van der Waals surface area contributed by atoms with Crippen LogP contribution in [0.4, 0.5) is 0 Å². The highest BCUT2D eigenvalue weighted by Gasteiger charge is 2.33. The summed E-state index contributed by atoms with van der Waals surface area (Å²) in [5.74, 6) is 0.435. The molecule has 0 aliphatic carbocycles. The number of nitrogens with zero attached hydrogens (tertiary/aromatic N) is 6. The minimum atomic E-state index is -0.0359. The maximum absolute atomic E-state index is 13.4. The fraction of sp³-hybridized carbons (Fsp3) is 0.381. The first-order chi connectivity index (χ1) is 14.0. The lowest BCUT2D eigenvalue weighted by atomic mass is 9.96.